The van der Waals surface area contributed by atoms with E-state index in [0.717, 1.165) is 0 Å². The smallest absolute Gasteiger partial charge is 0.242 e. The van der Waals surface area contributed by atoms with Crippen LogP contribution >= 0.6 is 12.2 Å². The van der Waals surface area contributed by atoms with Crippen LogP contribution in [0.15, 0.2) is 12.2 Å². The zero-order valence-electron chi connectivity index (χ0n) is 9.66. The first-order valence-corrected chi connectivity index (χ1v) is 5.64. The molecule has 4 nitrogen and oxygen atoms in total. The van der Waals surface area contributed by atoms with Gasteiger partial charge in [0, 0.05) is 0 Å². The van der Waals surface area contributed by atoms with Gasteiger partial charge in [0.05, 0.1) is 0 Å². The van der Waals surface area contributed by atoms with E-state index < -0.39 is 5.41 Å². The van der Waals surface area contributed by atoms with Crippen molar-refractivity contribution in [2.45, 2.75) is 27.2 Å². The Kier molecular flexibility index (Phi) is 3.80. The second-order valence-electron chi connectivity index (χ2n) is 4.14. The third-order valence-electron chi connectivity index (χ3n) is 2.93. The van der Waals surface area contributed by atoms with Gasteiger partial charge in [0.15, 0.2) is 5.11 Å². The summed E-state index contributed by atoms with van der Waals surface area (Å²) in [5.41, 5.74) is -1.05. The third kappa shape index (κ3) is 2.00. The minimum absolute atomic E-state index is 0.0896. The first-order chi connectivity index (χ1) is 7.45. The number of carbonyl (C=O) groups is 2. The molecule has 1 aliphatic rings. The summed E-state index contributed by atoms with van der Waals surface area (Å²) in [5, 5.41) is 5.12. The fourth-order valence-electron chi connectivity index (χ4n) is 1.81. The van der Waals surface area contributed by atoms with Crippen molar-refractivity contribution in [3.8, 4) is 0 Å². The second-order valence-corrected chi connectivity index (χ2v) is 4.54. The number of hydrogen-bond donors (Lipinski definition) is 2. The lowest BCUT2D eigenvalue weighted by atomic mass is 9.72. The van der Waals surface area contributed by atoms with Crippen LogP contribution in [0, 0.1) is 11.3 Å². The molecule has 0 aromatic heterocycles. The molecule has 0 radical (unpaired) electrons. The predicted molar refractivity (Wildman–Crippen MR) is 65.6 cm³/mol. The topological polar surface area (TPSA) is 58.2 Å². The Balaban J connectivity index is 3.11. The number of thiocarbonyl (C=S) groups is 1. The van der Waals surface area contributed by atoms with Crippen LogP contribution in [0.3, 0.4) is 0 Å². The number of allylic oxidation sites excluding steroid dienone is 2. The Hall–Kier alpha value is -1.23. The van der Waals surface area contributed by atoms with Gasteiger partial charge in [-0.15, -0.1) is 0 Å². The number of rotatable bonds is 3. The zero-order valence-corrected chi connectivity index (χ0v) is 10.5. The van der Waals surface area contributed by atoms with Crippen LogP contribution in [0.2, 0.25) is 0 Å². The van der Waals surface area contributed by atoms with Gasteiger partial charge in [-0.25, -0.2) is 0 Å². The van der Waals surface area contributed by atoms with Crippen molar-refractivity contribution in [3.05, 3.63) is 12.2 Å². The highest BCUT2D eigenvalue weighted by Crippen LogP contribution is 2.34. The van der Waals surface area contributed by atoms with Gasteiger partial charge in [0.25, 0.3) is 0 Å². The molecule has 0 unspecified atom stereocenters. The van der Waals surface area contributed by atoms with Crippen LogP contribution < -0.4 is 10.6 Å². The monoisotopic (exact) mass is 240 g/mol. The Morgan fingerprint density at radius 2 is 1.81 bits per heavy atom. The van der Waals surface area contributed by atoms with E-state index in [9.17, 15) is 9.59 Å². The minimum atomic E-state index is -1.05. The molecule has 0 spiro atoms. The lowest BCUT2D eigenvalue weighted by molar-refractivity contribution is -0.146. The lowest BCUT2D eigenvalue weighted by Crippen LogP contribution is -2.64. The zero-order chi connectivity index (χ0) is 12.3. The van der Waals surface area contributed by atoms with Gasteiger partial charge < -0.3 is 10.6 Å². The molecule has 0 atom stereocenters. The average Bonchev–Trinajstić information content (AvgIpc) is 2.16. The Bertz CT molecular complexity index is 341. The third-order valence-corrected chi connectivity index (χ3v) is 3.13. The van der Waals surface area contributed by atoms with Crippen LogP contribution in [-0.4, -0.2) is 16.9 Å². The van der Waals surface area contributed by atoms with Crippen LogP contribution in [0.5, 0.6) is 0 Å². The first-order valence-electron chi connectivity index (χ1n) is 5.23. The number of nitrogens with one attached hydrogen (secondary N) is 2. The fourth-order valence-corrected chi connectivity index (χ4v) is 2.00. The van der Waals surface area contributed by atoms with Crippen LogP contribution in [0.4, 0.5) is 0 Å². The highest BCUT2D eigenvalue weighted by molar-refractivity contribution is 7.80. The molecule has 0 saturated carbocycles. The standard InChI is InChI=1S/C11H16N2O2S/c1-4-5-6-11(7(2)3)8(14)12-10(16)13-9(11)15/h4-5,7H,6H2,1-3H3,(H2,12,13,14,15,16)/b5-4+. The molecule has 1 fully saturated rings. The summed E-state index contributed by atoms with van der Waals surface area (Å²) >= 11 is 4.78. The maximum atomic E-state index is 12.0. The summed E-state index contributed by atoms with van der Waals surface area (Å²) < 4.78 is 0. The fraction of sp³-hybridized carbons (Fsp3) is 0.545. The Morgan fingerprint density at radius 3 is 2.19 bits per heavy atom. The van der Waals surface area contributed by atoms with Crippen molar-refractivity contribution in [3.63, 3.8) is 0 Å². The molecule has 0 aromatic rings. The molecule has 2 amide bonds. The van der Waals surface area contributed by atoms with Gasteiger partial charge in [-0.05, 0) is 31.5 Å². The summed E-state index contributed by atoms with van der Waals surface area (Å²) in [6.45, 7) is 5.57. The lowest BCUT2D eigenvalue weighted by Gasteiger charge is -2.37. The molecule has 2 N–H and O–H groups in total. The highest BCUT2D eigenvalue weighted by atomic mass is 32.1. The van der Waals surface area contributed by atoms with Crippen molar-refractivity contribution in [1.82, 2.24) is 10.6 Å². The summed E-state index contributed by atoms with van der Waals surface area (Å²) in [6.07, 6.45) is 4.05. The van der Waals surface area contributed by atoms with Gasteiger partial charge in [-0.1, -0.05) is 26.0 Å². The van der Waals surface area contributed by atoms with E-state index in [2.05, 4.69) is 10.6 Å². The van der Waals surface area contributed by atoms with Crippen molar-refractivity contribution in [2.24, 2.45) is 11.3 Å². The van der Waals surface area contributed by atoms with Crippen molar-refractivity contribution >= 4 is 29.1 Å². The van der Waals surface area contributed by atoms with Gasteiger partial charge in [-0.2, -0.15) is 0 Å². The van der Waals surface area contributed by atoms with Crippen molar-refractivity contribution in [2.75, 3.05) is 0 Å². The molecule has 0 bridgehead atoms. The highest BCUT2D eigenvalue weighted by Gasteiger charge is 2.50. The number of carbonyl (C=O) groups excluding carboxylic acids is 2. The van der Waals surface area contributed by atoms with Crippen LogP contribution in [-0.2, 0) is 9.59 Å². The molecule has 5 heteroatoms. The first kappa shape index (κ1) is 12.8. The molecular formula is C11H16N2O2S. The van der Waals surface area contributed by atoms with E-state index in [0.29, 0.717) is 6.42 Å². The molecule has 0 aromatic carbocycles. The quantitative estimate of drug-likeness (QED) is 0.441. The SMILES string of the molecule is C/C=C/CC1(C(C)C)C(=O)NC(=S)NC1=O. The van der Waals surface area contributed by atoms with E-state index in [1.54, 1.807) is 0 Å². The number of amides is 2. The summed E-state index contributed by atoms with van der Waals surface area (Å²) in [5.74, 6) is -0.712. The summed E-state index contributed by atoms with van der Waals surface area (Å²) in [7, 11) is 0. The van der Waals surface area contributed by atoms with Crippen LogP contribution in [0.1, 0.15) is 27.2 Å². The van der Waals surface area contributed by atoms with E-state index in [4.69, 9.17) is 12.2 Å². The van der Waals surface area contributed by atoms with E-state index >= 15 is 0 Å². The molecule has 16 heavy (non-hydrogen) atoms. The molecule has 1 heterocycles. The largest absolute Gasteiger partial charge is 0.302 e. The maximum absolute atomic E-state index is 12.0. The summed E-state index contributed by atoms with van der Waals surface area (Å²) in [4.78, 5) is 24.0. The van der Waals surface area contributed by atoms with Gasteiger partial charge >= 0.3 is 0 Å². The summed E-state index contributed by atoms with van der Waals surface area (Å²) in [6, 6.07) is 0. The Labute approximate surface area is 100 Å². The Morgan fingerprint density at radius 1 is 1.31 bits per heavy atom. The van der Waals surface area contributed by atoms with Crippen molar-refractivity contribution in [1.29, 1.82) is 0 Å². The average molecular weight is 240 g/mol. The van der Waals surface area contributed by atoms with Crippen LogP contribution in [0.25, 0.3) is 0 Å². The molecular weight excluding hydrogens is 224 g/mol. The van der Waals surface area contributed by atoms with E-state index in [1.807, 2.05) is 32.9 Å². The normalized spacial score (nSPS) is 20.1. The van der Waals surface area contributed by atoms with Gasteiger partial charge in [0.1, 0.15) is 5.41 Å². The molecule has 0 aliphatic carbocycles. The molecule has 1 aliphatic heterocycles. The van der Waals surface area contributed by atoms with Crippen molar-refractivity contribution < 1.29 is 9.59 Å². The predicted octanol–water partition coefficient (Wildman–Crippen LogP) is 1.13. The molecule has 1 saturated heterocycles. The van der Waals surface area contributed by atoms with Gasteiger partial charge in [0.2, 0.25) is 11.8 Å². The van der Waals surface area contributed by atoms with E-state index in [-0.39, 0.29) is 22.8 Å². The van der Waals surface area contributed by atoms with E-state index in [1.165, 1.54) is 0 Å². The maximum Gasteiger partial charge on any atom is 0.242 e. The molecule has 88 valence electrons. The minimum Gasteiger partial charge on any atom is -0.302 e. The second kappa shape index (κ2) is 4.74. The number of hydrogen-bond acceptors (Lipinski definition) is 3. The molecule has 1 rings (SSSR count). The van der Waals surface area contributed by atoms with Gasteiger partial charge in [-0.3, -0.25) is 9.59 Å².